The van der Waals surface area contributed by atoms with Gasteiger partial charge in [-0.25, -0.2) is 4.39 Å². The molecule has 0 aliphatic carbocycles. The van der Waals surface area contributed by atoms with E-state index in [9.17, 15) is 4.39 Å². The Labute approximate surface area is 50.1 Å². The molecule has 0 aromatic carbocycles. The maximum atomic E-state index is 11.8. The van der Waals surface area contributed by atoms with Crippen molar-refractivity contribution < 1.29 is 4.39 Å². The van der Waals surface area contributed by atoms with E-state index in [1.165, 1.54) is 0 Å². The summed E-state index contributed by atoms with van der Waals surface area (Å²) in [4.78, 5) is 0. The molecular weight excluding hydrogens is 105 g/mol. The van der Waals surface area contributed by atoms with Gasteiger partial charge < -0.3 is 5.73 Å². The van der Waals surface area contributed by atoms with Gasteiger partial charge in [0, 0.05) is 6.04 Å². The van der Waals surface area contributed by atoms with Crippen molar-refractivity contribution in [2.24, 2.45) is 11.1 Å². The largest absolute Gasteiger partial charge is 0.325 e. The standard InChI is InChI=1S/C6H14FN/c1-6(2,3)5(8)4-7/h5H,4,8H2,1-3H3/t5-/m1/s1. The fourth-order valence-electron chi connectivity index (χ4n) is 0.231. The lowest BCUT2D eigenvalue weighted by Gasteiger charge is -2.23. The fourth-order valence-corrected chi connectivity index (χ4v) is 0.231. The lowest BCUT2D eigenvalue weighted by Crippen LogP contribution is -2.36. The number of nitrogens with two attached hydrogens (primary N) is 1. The van der Waals surface area contributed by atoms with E-state index in [0.29, 0.717) is 0 Å². The van der Waals surface area contributed by atoms with Crippen molar-refractivity contribution in [2.75, 3.05) is 6.67 Å². The lowest BCUT2D eigenvalue weighted by molar-refractivity contribution is 0.264. The van der Waals surface area contributed by atoms with Crippen LogP contribution < -0.4 is 5.73 Å². The molecule has 0 aromatic rings. The Morgan fingerprint density at radius 1 is 1.50 bits per heavy atom. The number of halogens is 1. The molecule has 0 saturated heterocycles. The van der Waals surface area contributed by atoms with Gasteiger partial charge in [-0.2, -0.15) is 0 Å². The van der Waals surface area contributed by atoms with E-state index in [4.69, 9.17) is 5.73 Å². The number of hydrogen-bond donors (Lipinski definition) is 1. The summed E-state index contributed by atoms with van der Waals surface area (Å²) in [6.07, 6.45) is 0. The molecule has 0 aliphatic rings. The van der Waals surface area contributed by atoms with Gasteiger partial charge in [0.2, 0.25) is 0 Å². The highest BCUT2D eigenvalue weighted by atomic mass is 19.1. The van der Waals surface area contributed by atoms with Gasteiger partial charge in [0.1, 0.15) is 6.67 Å². The van der Waals surface area contributed by atoms with Crippen LogP contribution in [0.15, 0.2) is 0 Å². The molecule has 0 heterocycles. The van der Waals surface area contributed by atoms with E-state index in [0.717, 1.165) is 0 Å². The summed E-state index contributed by atoms with van der Waals surface area (Å²) >= 11 is 0. The van der Waals surface area contributed by atoms with Gasteiger partial charge in [0.05, 0.1) is 0 Å². The van der Waals surface area contributed by atoms with E-state index >= 15 is 0 Å². The zero-order chi connectivity index (χ0) is 6.78. The third-order valence-electron chi connectivity index (χ3n) is 1.28. The highest BCUT2D eigenvalue weighted by Crippen LogP contribution is 2.16. The van der Waals surface area contributed by atoms with Crippen LogP contribution in [0.2, 0.25) is 0 Å². The van der Waals surface area contributed by atoms with Crippen LogP contribution in [0.25, 0.3) is 0 Å². The minimum atomic E-state index is -0.427. The highest BCUT2D eigenvalue weighted by molar-refractivity contribution is 4.75. The molecule has 1 nitrogen and oxygen atoms in total. The lowest BCUT2D eigenvalue weighted by atomic mass is 9.88. The first-order valence-electron chi connectivity index (χ1n) is 2.80. The molecule has 0 aromatic heterocycles. The minimum absolute atomic E-state index is 0.0885. The van der Waals surface area contributed by atoms with E-state index in [2.05, 4.69) is 0 Å². The molecule has 0 saturated carbocycles. The summed E-state index contributed by atoms with van der Waals surface area (Å²) in [5.74, 6) is 0. The van der Waals surface area contributed by atoms with E-state index in [1.807, 2.05) is 20.8 Å². The van der Waals surface area contributed by atoms with Crippen molar-refractivity contribution in [3.8, 4) is 0 Å². The Morgan fingerprint density at radius 2 is 1.88 bits per heavy atom. The van der Waals surface area contributed by atoms with Gasteiger partial charge in [-0.1, -0.05) is 20.8 Å². The van der Waals surface area contributed by atoms with E-state index in [-0.39, 0.29) is 11.5 Å². The summed E-state index contributed by atoms with van der Waals surface area (Å²) in [6.45, 7) is 5.36. The Balaban J connectivity index is 3.62. The maximum Gasteiger partial charge on any atom is 0.105 e. The van der Waals surface area contributed by atoms with E-state index in [1.54, 1.807) is 0 Å². The molecule has 2 heteroatoms. The minimum Gasteiger partial charge on any atom is -0.325 e. The molecule has 2 N–H and O–H groups in total. The van der Waals surface area contributed by atoms with Crippen molar-refractivity contribution >= 4 is 0 Å². The second-order valence-corrected chi connectivity index (χ2v) is 3.13. The van der Waals surface area contributed by atoms with Crippen LogP contribution in [-0.2, 0) is 0 Å². The van der Waals surface area contributed by atoms with Gasteiger partial charge in [-0.3, -0.25) is 0 Å². The van der Waals surface area contributed by atoms with Gasteiger partial charge in [-0.15, -0.1) is 0 Å². The van der Waals surface area contributed by atoms with Crippen molar-refractivity contribution in [1.82, 2.24) is 0 Å². The van der Waals surface area contributed by atoms with Gasteiger partial charge >= 0.3 is 0 Å². The first-order chi connectivity index (χ1) is 3.48. The molecule has 0 fully saturated rings. The topological polar surface area (TPSA) is 26.0 Å². The molecule has 0 bridgehead atoms. The third kappa shape index (κ3) is 2.26. The molecule has 0 amide bonds. The summed E-state index contributed by atoms with van der Waals surface area (Å²) in [5, 5.41) is 0. The van der Waals surface area contributed by atoms with Gasteiger partial charge in [-0.05, 0) is 5.41 Å². The molecule has 0 unspecified atom stereocenters. The number of hydrogen-bond acceptors (Lipinski definition) is 1. The van der Waals surface area contributed by atoms with Crippen molar-refractivity contribution in [3.63, 3.8) is 0 Å². The molecule has 1 atom stereocenters. The van der Waals surface area contributed by atoms with Crippen molar-refractivity contribution in [2.45, 2.75) is 26.8 Å². The average molecular weight is 119 g/mol. The zero-order valence-electron chi connectivity index (χ0n) is 5.74. The van der Waals surface area contributed by atoms with Crippen molar-refractivity contribution in [3.05, 3.63) is 0 Å². The highest BCUT2D eigenvalue weighted by Gasteiger charge is 2.19. The van der Waals surface area contributed by atoms with Crippen LogP contribution in [0.5, 0.6) is 0 Å². The average Bonchev–Trinajstić information content (AvgIpc) is 1.62. The van der Waals surface area contributed by atoms with Crippen molar-refractivity contribution in [1.29, 1.82) is 0 Å². The molecule has 8 heavy (non-hydrogen) atoms. The number of rotatable bonds is 1. The first-order valence-corrected chi connectivity index (χ1v) is 2.80. The van der Waals surface area contributed by atoms with Crippen LogP contribution in [0, 0.1) is 5.41 Å². The first kappa shape index (κ1) is 7.89. The maximum absolute atomic E-state index is 11.8. The fraction of sp³-hybridized carbons (Fsp3) is 1.00. The monoisotopic (exact) mass is 119 g/mol. The van der Waals surface area contributed by atoms with Crippen LogP contribution in [0.4, 0.5) is 4.39 Å². The predicted octanol–water partition coefficient (Wildman–Crippen LogP) is 1.33. The van der Waals surface area contributed by atoms with Crippen LogP contribution in [-0.4, -0.2) is 12.7 Å². The second-order valence-electron chi connectivity index (χ2n) is 3.13. The van der Waals surface area contributed by atoms with E-state index < -0.39 is 6.67 Å². The van der Waals surface area contributed by atoms with Crippen LogP contribution in [0.3, 0.4) is 0 Å². The molecular formula is C6H14FN. The predicted molar refractivity (Wildman–Crippen MR) is 33.4 cm³/mol. The van der Waals surface area contributed by atoms with Crippen LogP contribution >= 0.6 is 0 Å². The number of alkyl halides is 1. The van der Waals surface area contributed by atoms with Gasteiger partial charge in [0.15, 0.2) is 0 Å². The molecule has 50 valence electrons. The third-order valence-corrected chi connectivity index (χ3v) is 1.28. The second kappa shape index (κ2) is 2.44. The zero-order valence-corrected chi connectivity index (χ0v) is 5.74. The SMILES string of the molecule is CC(C)(C)[C@H](N)CF. The summed E-state index contributed by atoms with van der Waals surface area (Å²) in [7, 11) is 0. The molecule has 0 radical (unpaired) electrons. The van der Waals surface area contributed by atoms with Gasteiger partial charge in [0.25, 0.3) is 0 Å². The summed E-state index contributed by atoms with van der Waals surface area (Å²) in [6, 6.07) is -0.317. The van der Waals surface area contributed by atoms with Crippen LogP contribution in [0.1, 0.15) is 20.8 Å². The Hall–Kier alpha value is -0.110. The molecule has 0 aliphatic heterocycles. The Kier molecular flexibility index (Phi) is 2.41. The molecule has 0 spiro atoms. The summed E-state index contributed by atoms with van der Waals surface area (Å²) in [5.41, 5.74) is 5.29. The quantitative estimate of drug-likeness (QED) is 0.553. The smallest absolute Gasteiger partial charge is 0.105 e. The summed E-state index contributed by atoms with van der Waals surface area (Å²) < 4.78 is 11.8. The normalized spacial score (nSPS) is 16.1. The Morgan fingerprint density at radius 3 is 1.88 bits per heavy atom. The Bertz CT molecular complexity index is 65.4. The molecule has 0 rings (SSSR count).